The monoisotopic (exact) mass is 332 g/mol. The fourth-order valence-corrected chi connectivity index (χ4v) is 0.343. The van der Waals surface area contributed by atoms with E-state index in [1.54, 1.807) is 0 Å². The molecule has 0 rings (SSSR count). The number of carbonyl (C=O) groups excluding carboxylic acids is 1. The average Bonchev–Trinajstić information content (AvgIpc) is 1.79. The van der Waals surface area contributed by atoms with E-state index in [4.69, 9.17) is 22.3 Å². The normalized spacial score (nSPS) is 10.2. The van der Waals surface area contributed by atoms with Gasteiger partial charge >= 0.3 is 16.4 Å². The molecule has 0 spiro atoms. The van der Waals surface area contributed by atoms with E-state index in [-0.39, 0.29) is 26.4 Å². The largest absolute Gasteiger partial charge is 0.457 e. The Morgan fingerprint density at radius 2 is 1.60 bits per heavy atom. The molecular formula is C7H14O6PdS. The SMILES string of the molecule is C=CC(=O)OC(C)(C)C.O=S(=O)(O)O.[Pd]. The molecule has 0 unspecified atom stereocenters. The van der Waals surface area contributed by atoms with Crippen molar-refractivity contribution in [1.29, 1.82) is 0 Å². The van der Waals surface area contributed by atoms with Gasteiger partial charge in [-0.15, -0.1) is 0 Å². The summed E-state index contributed by atoms with van der Waals surface area (Å²) in [5.74, 6) is -0.373. The third kappa shape index (κ3) is 41.7. The zero-order chi connectivity index (χ0) is 12.0. The molecule has 0 heterocycles. The first-order valence-electron chi connectivity index (χ1n) is 3.51. The van der Waals surface area contributed by atoms with E-state index >= 15 is 0 Å². The van der Waals surface area contributed by atoms with Crippen LogP contribution in [0.1, 0.15) is 20.8 Å². The third-order valence-corrected chi connectivity index (χ3v) is 0.573. The van der Waals surface area contributed by atoms with Gasteiger partial charge in [-0.25, -0.2) is 4.79 Å². The van der Waals surface area contributed by atoms with Gasteiger partial charge < -0.3 is 4.74 Å². The fraction of sp³-hybridized carbons (Fsp3) is 0.571. The first kappa shape index (κ1) is 20.2. The van der Waals surface area contributed by atoms with Crippen LogP contribution < -0.4 is 0 Å². The van der Waals surface area contributed by atoms with Gasteiger partial charge in [0.15, 0.2) is 0 Å². The first-order chi connectivity index (χ1) is 5.95. The minimum absolute atomic E-state index is 0. The second kappa shape index (κ2) is 7.96. The van der Waals surface area contributed by atoms with Gasteiger partial charge in [-0.2, -0.15) is 8.42 Å². The van der Waals surface area contributed by atoms with Crippen LogP contribution in [0.3, 0.4) is 0 Å². The smallest absolute Gasteiger partial charge is 0.394 e. The predicted molar refractivity (Wildman–Crippen MR) is 50.2 cm³/mol. The number of hydrogen-bond acceptors (Lipinski definition) is 4. The topological polar surface area (TPSA) is 101 Å². The van der Waals surface area contributed by atoms with Crippen molar-refractivity contribution in [3.05, 3.63) is 12.7 Å². The van der Waals surface area contributed by atoms with Crippen LogP contribution in [-0.4, -0.2) is 29.1 Å². The summed E-state index contributed by atoms with van der Waals surface area (Å²) in [5, 5.41) is 0. The van der Waals surface area contributed by atoms with Crippen molar-refractivity contribution in [2.75, 3.05) is 0 Å². The van der Waals surface area contributed by atoms with Crippen molar-refractivity contribution in [2.45, 2.75) is 26.4 Å². The predicted octanol–water partition coefficient (Wildman–Crippen LogP) is 0.859. The summed E-state index contributed by atoms with van der Waals surface area (Å²) in [6.07, 6.45) is 1.16. The summed E-state index contributed by atoms with van der Waals surface area (Å²) in [5.41, 5.74) is -0.398. The van der Waals surface area contributed by atoms with Crippen LogP contribution in [0.4, 0.5) is 0 Å². The first-order valence-corrected chi connectivity index (χ1v) is 4.90. The van der Waals surface area contributed by atoms with Gasteiger partial charge in [0.2, 0.25) is 0 Å². The second-order valence-electron chi connectivity index (χ2n) is 3.19. The molecule has 6 nitrogen and oxygen atoms in total. The molecule has 0 aliphatic rings. The van der Waals surface area contributed by atoms with E-state index in [2.05, 4.69) is 6.58 Å². The van der Waals surface area contributed by atoms with Crippen LogP contribution in [0.15, 0.2) is 12.7 Å². The summed E-state index contributed by atoms with van der Waals surface area (Å²) in [7, 11) is -4.67. The van der Waals surface area contributed by atoms with Gasteiger partial charge in [0, 0.05) is 26.5 Å². The Morgan fingerprint density at radius 1 is 1.33 bits per heavy atom. The Kier molecular flexibility index (Phi) is 10.7. The van der Waals surface area contributed by atoms with Crippen LogP contribution >= 0.6 is 0 Å². The fourth-order valence-electron chi connectivity index (χ4n) is 0.343. The quantitative estimate of drug-likeness (QED) is 0.320. The maximum Gasteiger partial charge on any atom is 0.394 e. The Labute approximate surface area is 103 Å². The molecule has 0 aromatic heterocycles. The summed E-state index contributed by atoms with van der Waals surface area (Å²) in [6, 6.07) is 0. The molecule has 8 heteroatoms. The molecule has 0 atom stereocenters. The molecule has 2 N–H and O–H groups in total. The standard InChI is InChI=1S/C7H12O2.H2O4S.Pd/c1-5-6(8)9-7(2,3)4;1-5(2,3)4;/h5H,1H2,2-4H3;(H2,1,2,3,4);. The van der Waals surface area contributed by atoms with Crippen molar-refractivity contribution in [3.8, 4) is 0 Å². The molecule has 0 aromatic carbocycles. The van der Waals surface area contributed by atoms with Crippen molar-refractivity contribution in [2.24, 2.45) is 0 Å². The number of rotatable bonds is 1. The summed E-state index contributed by atoms with van der Waals surface area (Å²) >= 11 is 0. The molecule has 0 saturated heterocycles. The van der Waals surface area contributed by atoms with Crippen LogP contribution in [-0.2, 0) is 40.4 Å². The Morgan fingerprint density at radius 3 is 1.67 bits per heavy atom. The average molecular weight is 333 g/mol. The number of ether oxygens (including phenoxy) is 1. The van der Waals surface area contributed by atoms with Gasteiger partial charge in [0.1, 0.15) is 5.60 Å². The molecular weight excluding hydrogens is 319 g/mol. The van der Waals surface area contributed by atoms with E-state index in [0.717, 1.165) is 6.08 Å². The minimum atomic E-state index is -4.67. The number of carbonyl (C=O) groups is 1. The maximum absolute atomic E-state index is 10.5. The van der Waals surface area contributed by atoms with E-state index in [1.807, 2.05) is 20.8 Å². The van der Waals surface area contributed by atoms with E-state index < -0.39 is 16.0 Å². The van der Waals surface area contributed by atoms with E-state index in [1.165, 1.54) is 0 Å². The summed E-state index contributed by atoms with van der Waals surface area (Å²) < 4.78 is 36.4. The van der Waals surface area contributed by atoms with Crippen LogP contribution in [0, 0.1) is 0 Å². The van der Waals surface area contributed by atoms with Gasteiger partial charge in [0.05, 0.1) is 0 Å². The van der Waals surface area contributed by atoms with Gasteiger partial charge in [-0.1, -0.05) is 6.58 Å². The summed E-state index contributed by atoms with van der Waals surface area (Å²) in [6.45, 7) is 8.71. The molecule has 0 saturated carbocycles. The van der Waals surface area contributed by atoms with Gasteiger partial charge in [0.25, 0.3) is 0 Å². The second-order valence-corrected chi connectivity index (χ2v) is 4.08. The third-order valence-electron chi connectivity index (χ3n) is 0.573. The van der Waals surface area contributed by atoms with Crippen molar-refractivity contribution in [1.82, 2.24) is 0 Å². The molecule has 0 bridgehead atoms. The Hall–Kier alpha value is -0.258. The van der Waals surface area contributed by atoms with E-state index in [9.17, 15) is 4.79 Å². The minimum Gasteiger partial charge on any atom is -0.457 e. The number of esters is 1. The molecule has 0 radical (unpaired) electrons. The molecule has 0 fully saturated rings. The molecule has 0 aliphatic carbocycles. The summed E-state index contributed by atoms with van der Waals surface area (Å²) in [4.78, 5) is 10.5. The molecule has 94 valence electrons. The maximum atomic E-state index is 10.5. The zero-order valence-corrected chi connectivity index (χ0v) is 10.9. The van der Waals surface area contributed by atoms with Crippen LogP contribution in [0.5, 0.6) is 0 Å². The zero-order valence-electron chi connectivity index (χ0n) is 8.54. The molecule has 0 aromatic rings. The molecule has 15 heavy (non-hydrogen) atoms. The Bertz CT molecular complexity index is 281. The molecule has 0 amide bonds. The van der Waals surface area contributed by atoms with Crippen molar-refractivity contribution in [3.63, 3.8) is 0 Å². The van der Waals surface area contributed by atoms with E-state index in [0.29, 0.717) is 0 Å². The van der Waals surface area contributed by atoms with Gasteiger partial charge in [-0.05, 0) is 20.8 Å². The van der Waals surface area contributed by atoms with Crippen LogP contribution in [0.2, 0.25) is 0 Å². The van der Waals surface area contributed by atoms with Crippen LogP contribution in [0.25, 0.3) is 0 Å². The van der Waals surface area contributed by atoms with Crippen molar-refractivity contribution < 1.29 is 47.5 Å². The van der Waals surface area contributed by atoms with Crippen molar-refractivity contribution >= 4 is 16.4 Å². The number of hydrogen-bond donors (Lipinski definition) is 2. The van der Waals surface area contributed by atoms with Gasteiger partial charge in [-0.3, -0.25) is 9.11 Å². The Balaban J connectivity index is -0.000000208. The molecule has 0 aliphatic heterocycles.